The van der Waals surface area contributed by atoms with Gasteiger partial charge >= 0.3 is 0 Å². The van der Waals surface area contributed by atoms with Gasteiger partial charge in [0.2, 0.25) is 0 Å². The van der Waals surface area contributed by atoms with Crippen LogP contribution in [0.2, 0.25) is 0 Å². The summed E-state index contributed by atoms with van der Waals surface area (Å²) >= 11 is 0. The van der Waals surface area contributed by atoms with Crippen molar-refractivity contribution in [3.05, 3.63) is 41.2 Å². The molecule has 0 aliphatic carbocycles. The molecule has 0 spiro atoms. The number of piperidine rings is 1. The Balaban J connectivity index is 1.61. The first-order chi connectivity index (χ1) is 13.0. The average molecular weight is 367 g/mol. The van der Waals surface area contributed by atoms with E-state index in [1.54, 1.807) is 0 Å². The molecule has 1 saturated heterocycles. The highest BCUT2D eigenvalue weighted by atomic mass is 16.5. The van der Waals surface area contributed by atoms with Crippen LogP contribution in [0.1, 0.15) is 53.3 Å². The zero-order valence-electron chi connectivity index (χ0n) is 16.1. The largest absolute Gasteiger partial charge is 0.336 e. The molecule has 0 N–H and O–H groups in total. The number of likely N-dealkylation sites (tertiary alicyclic amines) is 1. The van der Waals surface area contributed by atoms with Crippen LogP contribution < -0.4 is 0 Å². The molecule has 7 heteroatoms. The molecule has 27 heavy (non-hydrogen) atoms. The molecule has 4 rings (SSSR count). The number of rotatable bonds is 4. The van der Waals surface area contributed by atoms with E-state index in [4.69, 9.17) is 4.52 Å². The second-order valence-corrected chi connectivity index (χ2v) is 7.36. The van der Waals surface area contributed by atoms with Crippen molar-refractivity contribution in [3.63, 3.8) is 0 Å². The number of hydrogen-bond donors (Lipinski definition) is 0. The van der Waals surface area contributed by atoms with Gasteiger partial charge in [-0.05, 0) is 52.5 Å². The van der Waals surface area contributed by atoms with E-state index < -0.39 is 0 Å². The summed E-state index contributed by atoms with van der Waals surface area (Å²) in [6, 6.07) is 2.09. The zero-order valence-corrected chi connectivity index (χ0v) is 16.1. The number of amides is 1. The number of carbonyl (C=O) groups excluding carboxylic acids is 1. The van der Waals surface area contributed by atoms with Crippen LogP contribution in [0.4, 0.5) is 0 Å². The number of aryl methyl sites for hydroxylation is 4. The smallest absolute Gasteiger partial charge is 0.258 e. The third-order valence-corrected chi connectivity index (χ3v) is 5.49. The van der Waals surface area contributed by atoms with E-state index >= 15 is 0 Å². The fourth-order valence-electron chi connectivity index (χ4n) is 4.04. The van der Waals surface area contributed by atoms with Crippen LogP contribution in [0.25, 0.3) is 11.1 Å². The topological polar surface area (TPSA) is 77.0 Å². The Hall–Kier alpha value is -2.70. The van der Waals surface area contributed by atoms with Gasteiger partial charge in [0.05, 0.1) is 16.6 Å². The Morgan fingerprint density at radius 1 is 1.30 bits per heavy atom. The number of pyridine rings is 1. The van der Waals surface area contributed by atoms with Crippen LogP contribution in [0.15, 0.2) is 23.0 Å². The van der Waals surface area contributed by atoms with Crippen molar-refractivity contribution in [1.29, 1.82) is 0 Å². The third kappa shape index (κ3) is 3.34. The molecular weight excluding hydrogens is 342 g/mol. The summed E-state index contributed by atoms with van der Waals surface area (Å²) in [5, 5.41) is 4.74. The second kappa shape index (κ2) is 7.13. The minimum atomic E-state index is 0.0591. The lowest BCUT2D eigenvalue weighted by atomic mass is 9.97. The third-order valence-electron chi connectivity index (χ3n) is 5.49. The number of nitrogens with zero attached hydrogens (tertiary/aromatic N) is 5. The molecule has 0 saturated carbocycles. The molecule has 4 heterocycles. The van der Waals surface area contributed by atoms with Crippen LogP contribution >= 0.6 is 0 Å². The summed E-state index contributed by atoms with van der Waals surface area (Å²) in [5.41, 5.74) is 2.58. The molecule has 1 atom stereocenters. The van der Waals surface area contributed by atoms with Gasteiger partial charge in [0.15, 0.2) is 0 Å². The number of carbonyl (C=O) groups is 1. The molecule has 1 amide bonds. The van der Waals surface area contributed by atoms with Crippen LogP contribution in [0, 0.1) is 20.8 Å². The molecule has 3 aromatic rings. The number of hydrogen-bond acceptors (Lipinski definition) is 5. The number of imidazole rings is 1. The van der Waals surface area contributed by atoms with Crippen molar-refractivity contribution < 1.29 is 9.32 Å². The molecule has 0 bridgehead atoms. The first-order valence-electron chi connectivity index (χ1n) is 9.57. The molecule has 1 unspecified atom stereocenters. The second-order valence-electron chi connectivity index (χ2n) is 7.36. The van der Waals surface area contributed by atoms with Gasteiger partial charge in [0.1, 0.15) is 5.82 Å². The van der Waals surface area contributed by atoms with Gasteiger partial charge in [-0.15, -0.1) is 0 Å². The summed E-state index contributed by atoms with van der Waals surface area (Å²) in [4.78, 5) is 24.2. The van der Waals surface area contributed by atoms with Crippen molar-refractivity contribution in [3.8, 4) is 0 Å². The maximum atomic E-state index is 13.5. The molecule has 0 radical (unpaired) electrons. The van der Waals surface area contributed by atoms with Crippen LogP contribution in [-0.4, -0.2) is 43.1 Å². The lowest BCUT2D eigenvalue weighted by Gasteiger charge is -2.36. The summed E-state index contributed by atoms with van der Waals surface area (Å²) in [7, 11) is 0. The van der Waals surface area contributed by atoms with Gasteiger partial charge in [-0.1, -0.05) is 5.16 Å². The van der Waals surface area contributed by atoms with Crippen molar-refractivity contribution >= 4 is 17.0 Å². The molecule has 1 fully saturated rings. The molecule has 0 aromatic carbocycles. The van der Waals surface area contributed by atoms with E-state index in [0.717, 1.165) is 55.7 Å². The Morgan fingerprint density at radius 2 is 2.15 bits per heavy atom. The number of aromatic nitrogens is 4. The molecule has 1 aliphatic heterocycles. The summed E-state index contributed by atoms with van der Waals surface area (Å²) in [6.07, 6.45) is 8.00. The summed E-state index contributed by atoms with van der Waals surface area (Å²) in [5.74, 6) is 1.07. The molecular formula is C20H25N5O2. The van der Waals surface area contributed by atoms with Crippen molar-refractivity contribution in [2.45, 2.75) is 59.0 Å². The summed E-state index contributed by atoms with van der Waals surface area (Å²) < 4.78 is 7.45. The fourth-order valence-corrected chi connectivity index (χ4v) is 4.04. The maximum Gasteiger partial charge on any atom is 0.258 e. The van der Waals surface area contributed by atoms with Gasteiger partial charge in [-0.3, -0.25) is 4.79 Å². The SMILES string of the molecule is Cc1cc(C(=O)N2CCCCC2CCn2ccnc2C)c2c(C)noc2n1. The van der Waals surface area contributed by atoms with Crippen molar-refractivity contribution in [2.75, 3.05) is 6.54 Å². The molecule has 1 aliphatic rings. The molecule has 142 valence electrons. The van der Waals surface area contributed by atoms with Crippen molar-refractivity contribution in [1.82, 2.24) is 24.6 Å². The normalized spacial score (nSPS) is 17.6. The maximum absolute atomic E-state index is 13.5. The van der Waals surface area contributed by atoms with E-state index in [1.165, 1.54) is 0 Å². The number of fused-ring (bicyclic) bond motifs is 1. The van der Waals surface area contributed by atoms with Gasteiger partial charge in [0, 0.05) is 37.2 Å². The molecule has 3 aromatic heterocycles. The Labute approximate surface area is 158 Å². The van der Waals surface area contributed by atoms with Crippen LogP contribution in [0.5, 0.6) is 0 Å². The van der Waals surface area contributed by atoms with Crippen LogP contribution in [-0.2, 0) is 6.54 Å². The first-order valence-corrected chi connectivity index (χ1v) is 9.57. The highest BCUT2D eigenvalue weighted by Gasteiger charge is 2.29. The highest BCUT2D eigenvalue weighted by Crippen LogP contribution is 2.27. The standard InChI is InChI=1S/C20H25N5O2/c1-13-12-17(18-14(2)23-27-19(18)22-13)20(26)25-9-5-4-6-16(25)7-10-24-11-8-21-15(24)3/h8,11-12,16H,4-7,9-10H2,1-3H3. The Morgan fingerprint density at radius 3 is 2.93 bits per heavy atom. The van der Waals surface area contributed by atoms with E-state index in [0.29, 0.717) is 17.0 Å². The average Bonchev–Trinajstić information content (AvgIpc) is 3.24. The quantitative estimate of drug-likeness (QED) is 0.706. The first kappa shape index (κ1) is 17.7. The van der Waals surface area contributed by atoms with Gasteiger partial charge < -0.3 is 14.0 Å². The van der Waals surface area contributed by atoms with Gasteiger partial charge in [-0.25, -0.2) is 9.97 Å². The zero-order chi connectivity index (χ0) is 19.0. The lowest BCUT2D eigenvalue weighted by Crippen LogP contribution is -2.44. The molecule has 7 nitrogen and oxygen atoms in total. The van der Waals surface area contributed by atoms with Crippen molar-refractivity contribution in [2.24, 2.45) is 0 Å². The predicted molar refractivity (Wildman–Crippen MR) is 102 cm³/mol. The Bertz CT molecular complexity index is 974. The fraction of sp³-hybridized carbons (Fsp3) is 0.500. The highest BCUT2D eigenvalue weighted by molar-refractivity contribution is 6.06. The Kier molecular flexibility index (Phi) is 4.68. The lowest BCUT2D eigenvalue weighted by molar-refractivity contribution is 0.0597. The summed E-state index contributed by atoms with van der Waals surface area (Å²) in [6.45, 7) is 7.41. The van der Waals surface area contributed by atoms with E-state index in [-0.39, 0.29) is 11.9 Å². The minimum absolute atomic E-state index is 0.0591. The van der Waals surface area contributed by atoms with Gasteiger partial charge in [0.25, 0.3) is 11.6 Å². The van der Waals surface area contributed by atoms with E-state index in [9.17, 15) is 4.79 Å². The minimum Gasteiger partial charge on any atom is -0.336 e. The predicted octanol–water partition coefficient (Wildman–Crippen LogP) is 3.43. The van der Waals surface area contributed by atoms with Gasteiger partial charge in [-0.2, -0.15) is 0 Å². The monoisotopic (exact) mass is 367 g/mol. The van der Waals surface area contributed by atoms with E-state index in [1.807, 2.05) is 44.1 Å². The van der Waals surface area contributed by atoms with E-state index in [2.05, 4.69) is 19.7 Å². The van der Waals surface area contributed by atoms with Crippen LogP contribution in [0.3, 0.4) is 0 Å².